The largest absolute Gasteiger partial charge is 0.466 e. The first-order valence-electron chi connectivity index (χ1n) is 8.93. The zero-order valence-electron chi connectivity index (χ0n) is 15.6. The SMILES string of the molecule is CC(C)c1ccc(NC(=O)C(=O)NCc2ccc([C@@H](O)c3ccco3)s2)cc1. The molecule has 2 amide bonds. The van der Waals surface area contributed by atoms with Crippen LogP contribution in [0.5, 0.6) is 0 Å². The Hall–Kier alpha value is -2.90. The average Bonchev–Trinajstić information content (AvgIpc) is 3.38. The number of rotatable bonds is 6. The second-order valence-corrected chi connectivity index (χ2v) is 7.84. The Morgan fingerprint density at radius 1 is 1.07 bits per heavy atom. The highest BCUT2D eigenvalue weighted by Crippen LogP contribution is 2.28. The summed E-state index contributed by atoms with van der Waals surface area (Å²) in [5.74, 6) is -0.575. The fraction of sp³-hybridized carbons (Fsp3) is 0.238. The number of carbonyl (C=O) groups excluding carboxylic acids is 2. The molecule has 6 nitrogen and oxygen atoms in total. The number of aliphatic hydroxyl groups is 1. The first kappa shape index (κ1) is 19.9. The molecule has 1 atom stereocenters. The third-order valence-electron chi connectivity index (χ3n) is 4.23. The van der Waals surface area contributed by atoms with Crippen molar-refractivity contribution >= 4 is 28.8 Å². The van der Waals surface area contributed by atoms with Crippen LogP contribution < -0.4 is 10.6 Å². The summed E-state index contributed by atoms with van der Waals surface area (Å²) in [7, 11) is 0. The van der Waals surface area contributed by atoms with E-state index in [1.54, 1.807) is 36.4 Å². The maximum atomic E-state index is 12.0. The van der Waals surface area contributed by atoms with Crippen LogP contribution in [0.2, 0.25) is 0 Å². The van der Waals surface area contributed by atoms with Crippen molar-refractivity contribution in [2.24, 2.45) is 0 Å². The molecule has 0 spiro atoms. The van der Waals surface area contributed by atoms with Gasteiger partial charge in [0.1, 0.15) is 11.9 Å². The number of hydrogen-bond acceptors (Lipinski definition) is 5. The van der Waals surface area contributed by atoms with Crippen molar-refractivity contribution in [3.63, 3.8) is 0 Å². The van der Waals surface area contributed by atoms with Gasteiger partial charge < -0.3 is 20.2 Å². The molecule has 0 aliphatic rings. The van der Waals surface area contributed by atoms with Crippen LogP contribution in [-0.2, 0) is 16.1 Å². The van der Waals surface area contributed by atoms with Crippen LogP contribution in [0.4, 0.5) is 5.69 Å². The van der Waals surface area contributed by atoms with Gasteiger partial charge in [-0.05, 0) is 47.9 Å². The molecule has 3 rings (SSSR count). The molecule has 3 N–H and O–H groups in total. The predicted octanol–water partition coefficient (Wildman–Crippen LogP) is 3.80. The lowest BCUT2D eigenvalue weighted by atomic mass is 10.0. The maximum Gasteiger partial charge on any atom is 0.313 e. The number of nitrogens with one attached hydrogen (secondary N) is 2. The molecular weight excluding hydrogens is 376 g/mol. The van der Waals surface area contributed by atoms with Gasteiger partial charge in [-0.15, -0.1) is 11.3 Å². The summed E-state index contributed by atoms with van der Waals surface area (Å²) < 4.78 is 5.20. The van der Waals surface area contributed by atoms with E-state index in [9.17, 15) is 14.7 Å². The molecule has 0 unspecified atom stereocenters. The Morgan fingerprint density at radius 2 is 1.82 bits per heavy atom. The zero-order chi connectivity index (χ0) is 20.1. The molecule has 2 aromatic heterocycles. The minimum atomic E-state index is -0.846. The number of hydrogen-bond donors (Lipinski definition) is 3. The van der Waals surface area contributed by atoms with E-state index in [2.05, 4.69) is 24.5 Å². The molecule has 3 aromatic rings. The Balaban J connectivity index is 1.51. The lowest BCUT2D eigenvalue weighted by Gasteiger charge is -2.08. The molecule has 28 heavy (non-hydrogen) atoms. The third-order valence-corrected chi connectivity index (χ3v) is 5.37. The number of furan rings is 1. The van der Waals surface area contributed by atoms with E-state index in [0.717, 1.165) is 10.4 Å². The van der Waals surface area contributed by atoms with Gasteiger partial charge in [-0.25, -0.2) is 0 Å². The lowest BCUT2D eigenvalue weighted by molar-refractivity contribution is -0.136. The van der Waals surface area contributed by atoms with Crippen molar-refractivity contribution < 1.29 is 19.1 Å². The van der Waals surface area contributed by atoms with Crippen LogP contribution in [0.1, 0.15) is 46.9 Å². The smallest absolute Gasteiger partial charge is 0.313 e. The summed E-state index contributed by atoms with van der Waals surface area (Å²) in [5, 5.41) is 15.4. The molecule has 0 bridgehead atoms. The molecule has 2 heterocycles. The van der Waals surface area contributed by atoms with E-state index in [1.807, 2.05) is 12.1 Å². The van der Waals surface area contributed by atoms with E-state index in [0.29, 0.717) is 22.2 Å². The van der Waals surface area contributed by atoms with Gasteiger partial charge in [-0.2, -0.15) is 0 Å². The average molecular weight is 398 g/mol. The second-order valence-electron chi connectivity index (χ2n) is 6.64. The summed E-state index contributed by atoms with van der Waals surface area (Å²) in [6.45, 7) is 4.38. The summed E-state index contributed by atoms with van der Waals surface area (Å²) in [6.07, 6.45) is 0.656. The molecule has 7 heteroatoms. The first-order valence-corrected chi connectivity index (χ1v) is 9.75. The molecule has 0 aliphatic carbocycles. The minimum Gasteiger partial charge on any atom is -0.466 e. The van der Waals surface area contributed by atoms with Crippen molar-refractivity contribution in [1.29, 1.82) is 0 Å². The number of amides is 2. The Kier molecular flexibility index (Phi) is 6.28. The molecule has 0 saturated heterocycles. The Labute approximate surface area is 167 Å². The van der Waals surface area contributed by atoms with Crippen molar-refractivity contribution in [3.05, 3.63) is 75.9 Å². The topological polar surface area (TPSA) is 91.6 Å². The number of aliphatic hydroxyl groups excluding tert-OH is 1. The summed E-state index contributed by atoms with van der Waals surface area (Å²) in [5.41, 5.74) is 1.73. The first-order chi connectivity index (χ1) is 13.4. The standard InChI is InChI=1S/C21H22N2O4S/c1-13(2)14-5-7-15(8-6-14)23-21(26)20(25)22-12-16-9-10-18(28-16)19(24)17-4-3-11-27-17/h3-11,13,19,24H,12H2,1-2H3,(H,22,25)(H,23,26)/t19-/m0/s1. The minimum absolute atomic E-state index is 0.202. The van der Waals surface area contributed by atoms with Gasteiger partial charge >= 0.3 is 11.8 Å². The fourth-order valence-electron chi connectivity index (χ4n) is 2.61. The van der Waals surface area contributed by atoms with E-state index in [1.165, 1.54) is 17.6 Å². The van der Waals surface area contributed by atoms with Crippen molar-refractivity contribution in [3.8, 4) is 0 Å². The van der Waals surface area contributed by atoms with E-state index in [-0.39, 0.29) is 6.54 Å². The van der Waals surface area contributed by atoms with E-state index < -0.39 is 17.9 Å². The van der Waals surface area contributed by atoms with Gasteiger partial charge in [0.2, 0.25) is 0 Å². The summed E-state index contributed by atoms with van der Waals surface area (Å²) in [6, 6.07) is 14.4. The van der Waals surface area contributed by atoms with Gasteiger partial charge in [0.05, 0.1) is 12.8 Å². The van der Waals surface area contributed by atoms with Crippen molar-refractivity contribution in [2.45, 2.75) is 32.4 Å². The maximum absolute atomic E-state index is 12.0. The zero-order valence-corrected chi connectivity index (χ0v) is 16.5. The van der Waals surface area contributed by atoms with E-state index >= 15 is 0 Å². The van der Waals surface area contributed by atoms with Crippen LogP contribution in [0.3, 0.4) is 0 Å². The number of anilines is 1. The van der Waals surface area contributed by atoms with Crippen LogP contribution in [0.25, 0.3) is 0 Å². The molecule has 0 saturated carbocycles. The van der Waals surface area contributed by atoms with Gasteiger partial charge in [-0.1, -0.05) is 26.0 Å². The summed E-state index contributed by atoms with van der Waals surface area (Å²) >= 11 is 1.34. The number of benzene rings is 1. The lowest BCUT2D eigenvalue weighted by Crippen LogP contribution is -2.34. The normalized spacial score (nSPS) is 12.0. The Morgan fingerprint density at radius 3 is 2.46 bits per heavy atom. The van der Waals surface area contributed by atoms with Crippen LogP contribution in [0, 0.1) is 0 Å². The number of thiophene rings is 1. The molecule has 0 radical (unpaired) electrons. The molecular formula is C21H22N2O4S. The molecule has 1 aromatic carbocycles. The monoisotopic (exact) mass is 398 g/mol. The van der Waals surface area contributed by atoms with Gasteiger partial charge in [0.15, 0.2) is 0 Å². The highest BCUT2D eigenvalue weighted by Gasteiger charge is 2.17. The third kappa shape index (κ3) is 4.88. The quantitative estimate of drug-likeness (QED) is 0.551. The molecule has 0 aliphatic heterocycles. The predicted molar refractivity (Wildman–Crippen MR) is 108 cm³/mol. The number of carbonyl (C=O) groups is 2. The molecule has 146 valence electrons. The van der Waals surface area contributed by atoms with Crippen molar-refractivity contribution in [2.75, 3.05) is 5.32 Å². The highest BCUT2D eigenvalue weighted by molar-refractivity contribution is 7.12. The second kappa shape index (κ2) is 8.86. The van der Waals surface area contributed by atoms with Gasteiger partial charge in [-0.3, -0.25) is 9.59 Å². The Bertz CT molecular complexity index is 930. The van der Waals surface area contributed by atoms with Crippen LogP contribution in [0.15, 0.2) is 59.2 Å². The summed E-state index contributed by atoms with van der Waals surface area (Å²) in [4.78, 5) is 25.6. The van der Waals surface area contributed by atoms with E-state index in [4.69, 9.17) is 4.42 Å². The van der Waals surface area contributed by atoms with Gasteiger partial charge in [0.25, 0.3) is 0 Å². The highest BCUT2D eigenvalue weighted by atomic mass is 32.1. The van der Waals surface area contributed by atoms with Crippen molar-refractivity contribution in [1.82, 2.24) is 5.32 Å². The fourth-order valence-corrected chi connectivity index (χ4v) is 3.56. The van der Waals surface area contributed by atoms with Crippen LogP contribution in [-0.4, -0.2) is 16.9 Å². The van der Waals surface area contributed by atoms with Crippen LogP contribution >= 0.6 is 11.3 Å². The molecule has 0 fully saturated rings. The van der Waals surface area contributed by atoms with Gasteiger partial charge in [0, 0.05) is 15.4 Å².